The Kier molecular flexibility index (Phi) is 2.72. The Balaban J connectivity index is 3.20. The van der Waals surface area contributed by atoms with E-state index in [1.54, 1.807) is 6.92 Å². The van der Waals surface area contributed by atoms with Gasteiger partial charge in [-0.25, -0.2) is 13.6 Å². The molecule has 5 nitrogen and oxygen atoms in total. The molecule has 0 bridgehead atoms. The summed E-state index contributed by atoms with van der Waals surface area (Å²) in [6.45, 7) is 4.25. The minimum Gasteiger partial charge on any atom is -0.253 e. The number of hydrogen-bond donors (Lipinski definition) is 1. The lowest BCUT2D eigenvalue weighted by molar-refractivity contribution is 0.529. The van der Waals surface area contributed by atoms with Crippen LogP contribution in [-0.2, 0) is 16.6 Å². The molecule has 0 saturated carbocycles. The van der Waals surface area contributed by atoms with Crippen LogP contribution in [0.15, 0.2) is 11.1 Å². The molecule has 1 rings (SSSR count). The first-order valence-electron chi connectivity index (χ1n) is 4.02. The Bertz CT molecular complexity index is 394. The molecule has 0 atom stereocenters. The highest BCUT2D eigenvalue weighted by Crippen LogP contribution is 2.09. The molecule has 0 spiro atoms. The summed E-state index contributed by atoms with van der Waals surface area (Å²) in [6, 6.07) is 1.48. The van der Waals surface area contributed by atoms with E-state index in [0.29, 0.717) is 12.2 Å². The molecule has 1 heterocycles. The molecule has 0 radical (unpaired) electrons. The van der Waals surface area contributed by atoms with Crippen LogP contribution < -0.4 is 5.14 Å². The summed E-state index contributed by atoms with van der Waals surface area (Å²) < 4.78 is 23.5. The van der Waals surface area contributed by atoms with Gasteiger partial charge in [-0.1, -0.05) is 6.92 Å². The summed E-state index contributed by atoms with van der Waals surface area (Å²) in [4.78, 5) is 0. The highest BCUT2D eigenvalue weighted by atomic mass is 32.2. The molecule has 1 aromatic heterocycles. The topological polar surface area (TPSA) is 78.0 Å². The lowest BCUT2D eigenvalue weighted by Gasteiger charge is -2.02. The minimum atomic E-state index is -3.63. The zero-order valence-corrected chi connectivity index (χ0v) is 8.50. The normalized spacial score (nSPS) is 11.9. The number of nitrogens with two attached hydrogens (primary N) is 1. The molecule has 0 unspecified atom stereocenters. The molecule has 0 aromatic carbocycles. The average Bonchev–Trinajstić information content (AvgIpc) is 2.30. The van der Waals surface area contributed by atoms with Crippen molar-refractivity contribution in [2.24, 2.45) is 5.14 Å². The predicted molar refractivity (Wildman–Crippen MR) is 48.6 cm³/mol. The van der Waals surface area contributed by atoms with Crippen molar-refractivity contribution >= 4 is 10.0 Å². The van der Waals surface area contributed by atoms with Gasteiger partial charge < -0.3 is 0 Å². The SMILES string of the molecule is CCCn1nc(C)cc1S(N)(=O)=O. The maximum Gasteiger partial charge on any atom is 0.255 e. The van der Waals surface area contributed by atoms with Gasteiger partial charge in [-0.2, -0.15) is 5.10 Å². The Labute approximate surface area is 77.6 Å². The molecular formula is C7H13N3O2S. The number of hydrogen-bond acceptors (Lipinski definition) is 3. The first-order valence-corrected chi connectivity index (χ1v) is 5.57. The predicted octanol–water partition coefficient (Wildman–Crippen LogP) is 0.249. The van der Waals surface area contributed by atoms with Gasteiger partial charge in [-0.05, 0) is 19.4 Å². The molecule has 13 heavy (non-hydrogen) atoms. The van der Waals surface area contributed by atoms with E-state index in [4.69, 9.17) is 5.14 Å². The lowest BCUT2D eigenvalue weighted by atomic mass is 10.5. The quantitative estimate of drug-likeness (QED) is 0.764. The molecule has 1 aromatic rings. The van der Waals surface area contributed by atoms with Crippen LogP contribution >= 0.6 is 0 Å². The van der Waals surface area contributed by atoms with E-state index in [1.165, 1.54) is 10.7 Å². The number of aromatic nitrogens is 2. The smallest absolute Gasteiger partial charge is 0.253 e. The molecule has 0 amide bonds. The van der Waals surface area contributed by atoms with Crippen LogP contribution in [0.25, 0.3) is 0 Å². The van der Waals surface area contributed by atoms with Gasteiger partial charge in [0.25, 0.3) is 10.0 Å². The van der Waals surface area contributed by atoms with Gasteiger partial charge in [0.1, 0.15) is 0 Å². The molecule has 0 aliphatic rings. The summed E-state index contributed by atoms with van der Waals surface area (Å²) >= 11 is 0. The molecule has 2 N–H and O–H groups in total. The van der Waals surface area contributed by atoms with Crippen molar-refractivity contribution in [1.82, 2.24) is 9.78 Å². The standard InChI is InChI=1S/C7H13N3O2S/c1-3-4-10-7(13(8,11)12)5-6(2)9-10/h5H,3-4H2,1-2H3,(H2,8,11,12). The maximum atomic E-state index is 11.1. The molecule has 6 heteroatoms. The van der Waals surface area contributed by atoms with Crippen molar-refractivity contribution in [2.75, 3.05) is 0 Å². The molecular weight excluding hydrogens is 190 g/mol. The Morgan fingerprint density at radius 1 is 1.62 bits per heavy atom. The van der Waals surface area contributed by atoms with Crippen molar-refractivity contribution in [2.45, 2.75) is 31.8 Å². The van der Waals surface area contributed by atoms with E-state index >= 15 is 0 Å². The number of primary sulfonamides is 1. The Morgan fingerprint density at radius 2 is 2.23 bits per heavy atom. The van der Waals surface area contributed by atoms with Crippen LogP contribution in [0.3, 0.4) is 0 Å². The zero-order valence-electron chi connectivity index (χ0n) is 7.69. The van der Waals surface area contributed by atoms with Crippen molar-refractivity contribution in [1.29, 1.82) is 0 Å². The van der Waals surface area contributed by atoms with Gasteiger partial charge in [0.05, 0.1) is 5.69 Å². The Hall–Kier alpha value is -0.880. The monoisotopic (exact) mass is 203 g/mol. The summed E-state index contributed by atoms with van der Waals surface area (Å²) in [5.41, 5.74) is 0.664. The van der Waals surface area contributed by atoms with Crippen LogP contribution in [0.1, 0.15) is 19.0 Å². The van der Waals surface area contributed by atoms with Gasteiger partial charge in [-0.3, -0.25) is 4.68 Å². The second-order valence-electron chi connectivity index (χ2n) is 2.89. The molecule has 0 aliphatic heterocycles. The van der Waals surface area contributed by atoms with Crippen LogP contribution in [0.5, 0.6) is 0 Å². The number of rotatable bonds is 3. The average molecular weight is 203 g/mol. The highest BCUT2D eigenvalue weighted by Gasteiger charge is 2.15. The maximum absolute atomic E-state index is 11.1. The fraction of sp³-hybridized carbons (Fsp3) is 0.571. The third-order valence-corrected chi connectivity index (χ3v) is 2.50. The van der Waals surface area contributed by atoms with E-state index in [1.807, 2.05) is 6.92 Å². The minimum absolute atomic E-state index is 0.0897. The van der Waals surface area contributed by atoms with E-state index < -0.39 is 10.0 Å². The van der Waals surface area contributed by atoms with Crippen LogP contribution in [0.2, 0.25) is 0 Å². The van der Waals surface area contributed by atoms with Gasteiger partial charge in [-0.15, -0.1) is 0 Å². The summed E-state index contributed by atoms with van der Waals surface area (Å²) in [7, 11) is -3.63. The van der Waals surface area contributed by atoms with E-state index in [-0.39, 0.29) is 5.03 Å². The molecule has 0 saturated heterocycles. The van der Waals surface area contributed by atoms with Crippen molar-refractivity contribution in [3.05, 3.63) is 11.8 Å². The van der Waals surface area contributed by atoms with Crippen LogP contribution in [-0.4, -0.2) is 18.2 Å². The number of sulfonamides is 1. The molecule has 0 aliphatic carbocycles. The lowest BCUT2D eigenvalue weighted by Crippen LogP contribution is -2.17. The highest BCUT2D eigenvalue weighted by molar-refractivity contribution is 7.89. The first-order chi connectivity index (χ1) is 5.95. The Morgan fingerprint density at radius 3 is 2.69 bits per heavy atom. The van der Waals surface area contributed by atoms with Gasteiger partial charge in [0.15, 0.2) is 5.03 Å². The number of aryl methyl sites for hydroxylation is 2. The third kappa shape index (κ3) is 2.28. The van der Waals surface area contributed by atoms with Crippen molar-refractivity contribution in [3.8, 4) is 0 Å². The van der Waals surface area contributed by atoms with Crippen LogP contribution in [0, 0.1) is 6.92 Å². The molecule has 0 fully saturated rings. The largest absolute Gasteiger partial charge is 0.255 e. The van der Waals surface area contributed by atoms with Gasteiger partial charge >= 0.3 is 0 Å². The van der Waals surface area contributed by atoms with E-state index in [2.05, 4.69) is 5.10 Å². The second kappa shape index (κ2) is 3.47. The van der Waals surface area contributed by atoms with Crippen molar-refractivity contribution < 1.29 is 8.42 Å². The molecule has 74 valence electrons. The van der Waals surface area contributed by atoms with Crippen LogP contribution in [0.4, 0.5) is 0 Å². The first kappa shape index (κ1) is 10.2. The second-order valence-corrected chi connectivity index (χ2v) is 4.40. The third-order valence-electron chi connectivity index (χ3n) is 1.59. The summed E-state index contributed by atoms with van der Waals surface area (Å²) in [5, 5.41) is 9.13. The van der Waals surface area contributed by atoms with Gasteiger partial charge in [0, 0.05) is 6.54 Å². The summed E-state index contributed by atoms with van der Waals surface area (Å²) in [5.74, 6) is 0. The number of nitrogens with zero attached hydrogens (tertiary/aromatic N) is 2. The fourth-order valence-corrected chi connectivity index (χ4v) is 1.88. The summed E-state index contributed by atoms with van der Waals surface area (Å²) in [6.07, 6.45) is 0.823. The zero-order chi connectivity index (χ0) is 10.1. The van der Waals surface area contributed by atoms with E-state index in [0.717, 1.165) is 6.42 Å². The van der Waals surface area contributed by atoms with Gasteiger partial charge in [0.2, 0.25) is 0 Å². The van der Waals surface area contributed by atoms with E-state index in [9.17, 15) is 8.42 Å². The fourth-order valence-electron chi connectivity index (χ4n) is 1.12. The van der Waals surface area contributed by atoms with Crippen molar-refractivity contribution in [3.63, 3.8) is 0 Å².